The highest BCUT2D eigenvalue weighted by atomic mass is 35.5. The maximum Gasteiger partial charge on any atom is 0.232 e. The molecule has 318 valence electrons. The Balaban J connectivity index is 0.000000186. The van der Waals surface area contributed by atoms with E-state index in [1.165, 1.54) is 0 Å². The SMILES string of the molecule is O=C(c1ccc(CCO)c(N2CC[C@H](Oc3ncccc3Cl)C2)c1)c1ccccc1Cl.O=CCc1ccc(C(=O)c2ccccc2Cl)cc1N1CC[C@H](Oc2ncccc2Cl)C1. The van der Waals surface area contributed by atoms with Crippen LogP contribution in [0.4, 0.5) is 11.4 Å². The average Bonchev–Trinajstić information content (AvgIpc) is 3.96. The van der Waals surface area contributed by atoms with Gasteiger partial charge in [-0.05, 0) is 78.2 Å². The molecule has 0 bridgehead atoms. The third kappa shape index (κ3) is 10.7. The molecule has 62 heavy (non-hydrogen) atoms. The third-order valence-corrected chi connectivity index (χ3v) is 11.8. The Kier molecular flexibility index (Phi) is 15.1. The third-order valence-electron chi connectivity index (χ3n) is 10.6. The van der Waals surface area contributed by atoms with Gasteiger partial charge in [-0.15, -0.1) is 0 Å². The van der Waals surface area contributed by atoms with E-state index in [1.54, 1.807) is 97.3 Å². The number of hydrogen-bond acceptors (Lipinski definition) is 10. The predicted molar refractivity (Wildman–Crippen MR) is 244 cm³/mol. The zero-order chi connectivity index (χ0) is 43.6. The summed E-state index contributed by atoms with van der Waals surface area (Å²) in [4.78, 5) is 50.0. The van der Waals surface area contributed by atoms with Gasteiger partial charge in [0.1, 0.15) is 28.5 Å². The van der Waals surface area contributed by atoms with E-state index in [2.05, 4.69) is 19.8 Å². The summed E-state index contributed by atoms with van der Waals surface area (Å²) in [5, 5.41) is 11.3. The Morgan fingerprint density at radius 2 is 1.08 bits per heavy atom. The van der Waals surface area contributed by atoms with Crippen LogP contribution in [0.3, 0.4) is 0 Å². The second-order valence-electron chi connectivity index (χ2n) is 14.7. The number of benzene rings is 4. The first-order chi connectivity index (χ1) is 30.1. The van der Waals surface area contributed by atoms with Crippen LogP contribution in [-0.4, -0.2) is 77.9 Å². The van der Waals surface area contributed by atoms with Gasteiger partial charge in [-0.25, -0.2) is 9.97 Å². The summed E-state index contributed by atoms with van der Waals surface area (Å²) in [5.41, 5.74) is 5.62. The highest BCUT2D eigenvalue weighted by Crippen LogP contribution is 2.33. The van der Waals surface area contributed by atoms with Gasteiger partial charge < -0.3 is 29.2 Å². The van der Waals surface area contributed by atoms with Crippen molar-refractivity contribution in [3.8, 4) is 11.8 Å². The van der Waals surface area contributed by atoms with Gasteiger partial charge in [0.15, 0.2) is 11.6 Å². The minimum Gasteiger partial charge on any atom is -0.471 e. The van der Waals surface area contributed by atoms with Crippen LogP contribution in [0.25, 0.3) is 0 Å². The molecule has 0 unspecified atom stereocenters. The summed E-state index contributed by atoms with van der Waals surface area (Å²) in [5.74, 6) is 0.549. The van der Waals surface area contributed by atoms with Gasteiger partial charge in [0.25, 0.3) is 0 Å². The summed E-state index contributed by atoms with van der Waals surface area (Å²) in [6, 6.07) is 32.0. The number of aliphatic hydroxyl groups excluding tert-OH is 1. The van der Waals surface area contributed by atoms with Crippen LogP contribution in [-0.2, 0) is 17.6 Å². The van der Waals surface area contributed by atoms with Crippen LogP contribution in [0, 0.1) is 0 Å². The topological polar surface area (TPSA) is 122 Å². The lowest BCUT2D eigenvalue weighted by Crippen LogP contribution is -2.26. The number of aliphatic hydroxyl groups is 1. The second-order valence-corrected chi connectivity index (χ2v) is 16.3. The van der Waals surface area contributed by atoms with Crippen molar-refractivity contribution >= 4 is 75.6 Å². The Bertz CT molecular complexity index is 2560. The van der Waals surface area contributed by atoms with E-state index in [0.717, 1.165) is 54.7 Å². The van der Waals surface area contributed by atoms with E-state index in [4.69, 9.17) is 55.9 Å². The molecule has 1 N–H and O–H groups in total. The molecule has 2 aromatic heterocycles. The molecule has 2 fully saturated rings. The standard InChI is InChI=1S/C24H22Cl2N2O3.C24H20Cl2N2O3/c2*25-20-5-2-1-4-19(20)23(30)17-8-7-16(10-13-29)22(14-17)28-12-9-18(15-28)31-24-21(26)6-3-11-27-24/h1-8,11,14,18,29H,9-10,12-13,15H2;1-8,11,13-14,18H,9-10,12,15H2/t2*18-/m00/s1. The van der Waals surface area contributed by atoms with Crippen molar-refractivity contribution in [2.24, 2.45) is 0 Å². The summed E-state index contributed by atoms with van der Waals surface area (Å²) in [7, 11) is 0. The molecule has 4 heterocycles. The summed E-state index contributed by atoms with van der Waals surface area (Å²) in [6.45, 7) is 2.75. The molecule has 14 heteroatoms. The zero-order valence-electron chi connectivity index (χ0n) is 33.4. The van der Waals surface area contributed by atoms with Crippen molar-refractivity contribution in [3.63, 3.8) is 0 Å². The zero-order valence-corrected chi connectivity index (χ0v) is 36.5. The van der Waals surface area contributed by atoms with Crippen molar-refractivity contribution in [1.82, 2.24) is 9.97 Å². The summed E-state index contributed by atoms with van der Waals surface area (Å²) in [6.07, 6.45) is 6.33. The lowest BCUT2D eigenvalue weighted by molar-refractivity contribution is -0.107. The fourth-order valence-corrected chi connectivity index (χ4v) is 8.29. The van der Waals surface area contributed by atoms with Crippen LogP contribution in [0.15, 0.2) is 122 Å². The molecule has 0 aliphatic carbocycles. The number of ketones is 2. The fourth-order valence-electron chi connectivity index (χ4n) is 7.51. The Hall–Kier alpha value is -5.49. The number of ether oxygens (including phenoxy) is 2. The number of halogens is 4. The van der Waals surface area contributed by atoms with Crippen LogP contribution in [0.2, 0.25) is 20.1 Å². The lowest BCUT2D eigenvalue weighted by atomic mass is 9.99. The van der Waals surface area contributed by atoms with Gasteiger partial charge in [0.05, 0.1) is 23.1 Å². The molecule has 4 aromatic carbocycles. The number of rotatable bonds is 14. The molecule has 8 rings (SSSR count). The number of hydrogen-bond donors (Lipinski definition) is 1. The highest BCUT2D eigenvalue weighted by Gasteiger charge is 2.29. The number of pyridine rings is 2. The number of carbonyl (C=O) groups excluding carboxylic acids is 3. The van der Waals surface area contributed by atoms with Gasteiger partial charge in [0.2, 0.25) is 11.8 Å². The van der Waals surface area contributed by atoms with E-state index in [0.29, 0.717) is 73.6 Å². The Morgan fingerprint density at radius 1 is 0.629 bits per heavy atom. The molecule has 0 radical (unpaired) electrons. The van der Waals surface area contributed by atoms with Crippen LogP contribution in [0.1, 0.15) is 55.8 Å². The van der Waals surface area contributed by atoms with Gasteiger partial charge >= 0.3 is 0 Å². The minimum absolute atomic E-state index is 0.0299. The van der Waals surface area contributed by atoms with E-state index in [9.17, 15) is 19.5 Å². The molecule has 0 saturated carbocycles. The predicted octanol–water partition coefficient (Wildman–Crippen LogP) is 9.83. The van der Waals surface area contributed by atoms with Gasteiger partial charge in [-0.2, -0.15) is 0 Å². The van der Waals surface area contributed by atoms with Gasteiger partial charge in [0, 0.05) is 85.0 Å². The number of anilines is 2. The summed E-state index contributed by atoms with van der Waals surface area (Å²) < 4.78 is 12.0. The second kappa shape index (κ2) is 21.1. The van der Waals surface area contributed by atoms with Crippen LogP contribution in [0.5, 0.6) is 11.8 Å². The van der Waals surface area contributed by atoms with E-state index in [-0.39, 0.29) is 36.8 Å². The number of aromatic nitrogens is 2. The molecule has 2 aliphatic heterocycles. The smallest absolute Gasteiger partial charge is 0.232 e. The highest BCUT2D eigenvalue weighted by molar-refractivity contribution is 6.35. The molecule has 2 aliphatic rings. The maximum atomic E-state index is 13.0. The quantitative estimate of drug-likeness (QED) is 0.0835. The normalized spacial score (nSPS) is 15.8. The summed E-state index contributed by atoms with van der Waals surface area (Å²) >= 11 is 24.8. The maximum absolute atomic E-state index is 13.0. The van der Waals surface area contributed by atoms with Crippen molar-refractivity contribution < 1.29 is 29.0 Å². The first-order valence-electron chi connectivity index (χ1n) is 20.1. The molecule has 2 saturated heterocycles. The molecular formula is C48H42Cl4N4O6. The van der Waals surface area contributed by atoms with Crippen molar-refractivity contribution in [1.29, 1.82) is 0 Å². The Morgan fingerprint density at radius 3 is 1.53 bits per heavy atom. The molecule has 0 amide bonds. The Labute approximate surface area is 379 Å². The first-order valence-corrected chi connectivity index (χ1v) is 21.6. The van der Waals surface area contributed by atoms with E-state index < -0.39 is 0 Å². The largest absolute Gasteiger partial charge is 0.471 e. The van der Waals surface area contributed by atoms with Gasteiger partial charge in [-0.3, -0.25) is 9.59 Å². The van der Waals surface area contributed by atoms with Crippen molar-refractivity contribution in [2.75, 3.05) is 42.6 Å². The molecular weight excluding hydrogens is 870 g/mol. The molecule has 0 spiro atoms. The molecule has 10 nitrogen and oxygen atoms in total. The van der Waals surface area contributed by atoms with E-state index >= 15 is 0 Å². The fraction of sp³-hybridized carbons (Fsp3) is 0.229. The molecule has 2 atom stereocenters. The van der Waals surface area contributed by atoms with Crippen LogP contribution < -0.4 is 19.3 Å². The number of carbonyl (C=O) groups is 3. The number of nitrogens with zero attached hydrogens (tertiary/aromatic N) is 4. The lowest BCUT2D eigenvalue weighted by Gasteiger charge is -2.23. The van der Waals surface area contributed by atoms with Gasteiger partial charge in [-0.1, -0.05) is 94.9 Å². The number of aldehydes is 1. The average molecular weight is 913 g/mol. The minimum atomic E-state index is -0.156. The van der Waals surface area contributed by atoms with E-state index in [1.807, 2.05) is 24.3 Å². The van der Waals surface area contributed by atoms with Crippen molar-refractivity contribution in [2.45, 2.75) is 37.9 Å². The van der Waals surface area contributed by atoms with Crippen molar-refractivity contribution in [3.05, 3.63) is 175 Å². The first kappa shape index (κ1) is 44.6. The monoisotopic (exact) mass is 910 g/mol. The molecule has 6 aromatic rings. The van der Waals surface area contributed by atoms with Crippen LogP contribution >= 0.6 is 46.4 Å².